The molecule has 0 aliphatic rings. The van der Waals surface area contributed by atoms with Gasteiger partial charge in [0.2, 0.25) is 0 Å². The second kappa shape index (κ2) is 5.12. The molecule has 0 spiro atoms. The van der Waals surface area contributed by atoms with Crippen molar-refractivity contribution in [2.45, 2.75) is 12.5 Å². The fourth-order valence-electron chi connectivity index (χ4n) is 1.12. The molecule has 76 valence electrons. The van der Waals surface area contributed by atoms with E-state index in [2.05, 4.69) is 20.7 Å². The number of rotatable bonds is 3. The van der Waals surface area contributed by atoms with E-state index in [1.54, 1.807) is 0 Å². The molecule has 0 saturated carbocycles. The average molecular weight is 258 g/mol. The number of carbonyl (C=O) groups is 1. The zero-order chi connectivity index (χ0) is 10.6. The molecule has 1 atom stereocenters. The lowest BCUT2D eigenvalue weighted by atomic mass is 10.1. The van der Waals surface area contributed by atoms with Crippen molar-refractivity contribution in [2.24, 2.45) is 5.73 Å². The molecule has 0 saturated heterocycles. The van der Waals surface area contributed by atoms with E-state index in [9.17, 15) is 4.79 Å². The van der Waals surface area contributed by atoms with Gasteiger partial charge in [-0.25, -0.2) is 0 Å². The molecule has 14 heavy (non-hydrogen) atoms. The van der Waals surface area contributed by atoms with E-state index in [1.165, 1.54) is 7.11 Å². The fraction of sp³-hybridized carbons (Fsp3) is 0.300. The third kappa shape index (κ3) is 3.12. The molecule has 0 aliphatic carbocycles. The Bertz CT molecular complexity index is 328. The first kappa shape index (κ1) is 11.2. The maximum atomic E-state index is 11.0. The van der Waals surface area contributed by atoms with Crippen LogP contribution in [0, 0.1) is 0 Å². The summed E-state index contributed by atoms with van der Waals surface area (Å²) < 4.78 is 5.50. The van der Waals surface area contributed by atoms with Crippen LogP contribution in [0.3, 0.4) is 0 Å². The van der Waals surface area contributed by atoms with Gasteiger partial charge in [-0.15, -0.1) is 0 Å². The Morgan fingerprint density at radius 3 is 2.93 bits per heavy atom. The van der Waals surface area contributed by atoms with Crippen molar-refractivity contribution in [3.05, 3.63) is 34.3 Å². The molecule has 0 aliphatic heterocycles. The van der Waals surface area contributed by atoms with Gasteiger partial charge in [0, 0.05) is 10.5 Å². The van der Waals surface area contributed by atoms with Crippen LogP contribution in [-0.4, -0.2) is 13.1 Å². The lowest BCUT2D eigenvalue weighted by Crippen LogP contribution is -2.16. The van der Waals surface area contributed by atoms with Crippen LogP contribution in [0.15, 0.2) is 28.7 Å². The molecule has 0 fully saturated rings. The van der Waals surface area contributed by atoms with Crippen molar-refractivity contribution >= 4 is 21.9 Å². The molecular weight excluding hydrogens is 246 g/mol. The molecular formula is C10H12BrNO2. The number of carbonyl (C=O) groups excluding carboxylic acids is 1. The molecule has 1 unspecified atom stereocenters. The van der Waals surface area contributed by atoms with E-state index >= 15 is 0 Å². The molecule has 0 bridgehead atoms. The zero-order valence-corrected chi connectivity index (χ0v) is 9.45. The largest absolute Gasteiger partial charge is 0.469 e. The minimum atomic E-state index is -0.306. The standard InChI is InChI=1S/C10H12BrNO2/c1-14-10(13)6-9(12)7-3-2-4-8(11)5-7/h2-5,9H,6,12H2,1H3. The normalized spacial score (nSPS) is 12.2. The zero-order valence-electron chi connectivity index (χ0n) is 7.87. The second-order valence-electron chi connectivity index (χ2n) is 2.94. The number of halogens is 1. The molecule has 3 nitrogen and oxygen atoms in total. The molecule has 0 aromatic heterocycles. The molecule has 1 aromatic carbocycles. The minimum Gasteiger partial charge on any atom is -0.469 e. The number of hydrogen-bond acceptors (Lipinski definition) is 3. The predicted octanol–water partition coefficient (Wildman–Crippen LogP) is 2.01. The number of benzene rings is 1. The van der Waals surface area contributed by atoms with Crippen molar-refractivity contribution in [3.8, 4) is 0 Å². The van der Waals surface area contributed by atoms with Gasteiger partial charge in [0.1, 0.15) is 0 Å². The summed E-state index contributed by atoms with van der Waals surface area (Å²) in [6, 6.07) is 7.27. The Balaban J connectivity index is 2.69. The highest BCUT2D eigenvalue weighted by atomic mass is 79.9. The van der Waals surface area contributed by atoms with Crippen LogP contribution in [0.5, 0.6) is 0 Å². The first-order valence-electron chi connectivity index (χ1n) is 4.21. The summed E-state index contributed by atoms with van der Waals surface area (Å²) in [7, 11) is 1.36. The quantitative estimate of drug-likeness (QED) is 0.844. The van der Waals surface area contributed by atoms with Gasteiger partial charge in [-0.2, -0.15) is 0 Å². The van der Waals surface area contributed by atoms with Crippen LogP contribution in [-0.2, 0) is 9.53 Å². The average Bonchev–Trinajstić information content (AvgIpc) is 2.17. The van der Waals surface area contributed by atoms with Gasteiger partial charge in [-0.05, 0) is 17.7 Å². The first-order chi connectivity index (χ1) is 6.63. The third-order valence-electron chi connectivity index (χ3n) is 1.89. The van der Waals surface area contributed by atoms with Crippen LogP contribution in [0.25, 0.3) is 0 Å². The number of esters is 1. The molecule has 0 radical (unpaired) electrons. The lowest BCUT2D eigenvalue weighted by Gasteiger charge is -2.10. The number of hydrogen-bond donors (Lipinski definition) is 1. The first-order valence-corrected chi connectivity index (χ1v) is 5.00. The van der Waals surface area contributed by atoms with Gasteiger partial charge in [-0.1, -0.05) is 28.1 Å². The molecule has 0 amide bonds. The van der Waals surface area contributed by atoms with Gasteiger partial charge in [0.15, 0.2) is 0 Å². The van der Waals surface area contributed by atoms with Crippen molar-refractivity contribution in [3.63, 3.8) is 0 Å². The topological polar surface area (TPSA) is 52.3 Å². The number of methoxy groups -OCH3 is 1. The van der Waals surface area contributed by atoms with Crippen molar-refractivity contribution in [1.82, 2.24) is 0 Å². The number of ether oxygens (including phenoxy) is 1. The van der Waals surface area contributed by atoms with Gasteiger partial charge < -0.3 is 10.5 Å². The summed E-state index contributed by atoms with van der Waals surface area (Å²) in [4.78, 5) is 11.0. The molecule has 0 heterocycles. The second-order valence-corrected chi connectivity index (χ2v) is 3.86. The lowest BCUT2D eigenvalue weighted by molar-refractivity contribution is -0.141. The van der Waals surface area contributed by atoms with E-state index in [1.807, 2.05) is 24.3 Å². The van der Waals surface area contributed by atoms with Crippen LogP contribution in [0.4, 0.5) is 0 Å². The van der Waals surface area contributed by atoms with Gasteiger partial charge in [-0.3, -0.25) is 4.79 Å². The van der Waals surface area contributed by atoms with Crippen LogP contribution in [0.2, 0.25) is 0 Å². The highest BCUT2D eigenvalue weighted by Crippen LogP contribution is 2.18. The van der Waals surface area contributed by atoms with Crippen molar-refractivity contribution in [1.29, 1.82) is 0 Å². The summed E-state index contributed by atoms with van der Waals surface area (Å²) in [6.07, 6.45) is 0.201. The Morgan fingerprint density at radius 1 is 1.64 bits per heavy atom. The van der Waals surface area contributed by atoms with E-state index in [-0.39, 0.29) is 18.4 Å². The Morgan fingerprint density at radius 2 is 2.36 bits per heavy atom. The minimum absolute atomic E-state index is 0.201. The molecule has 2 N–H and O–H groups in total. The smallest absolute Gasteiger partial charge is 0.307 e. The van der Waals surface area contributed by atoms with Gasteiger partial charge >= 0.3 is 5.97 Å². The predicted molar refractivity (Wildman–Crippen MR) is 57.7 cm³/mol. The summed E-state index contributed by atoms with van der Waals surface area (Å²) in [5.41, 5.74) is 6.74. The SMILES string of the molecule is COC(=O)CC(N)c1cccc(Br)c1. The summed E-state index contributed by atoms with van der Waals surface area (Å²) >= 11 is 3.34. The maximum Gasteiger partial charge on any atom is 0.307 e. The molecule has 1 rings (SSSR count). The highest BCUT2D eigenvalue weighted by molar-refractivity contribution is 9.10. The van der Waals surface area contributed by atoms with Crippen molar-refractivity contribution in [2.75, 3.05) is 7.11 Å². The fourth-order valence-corrected chi connectivity index (χ4v) is 1.53. The van der Waals surface area contributed by atoms with E-state index in [4.69, 9.17) is 5.73 Å². The van der Waals surface area contributed by atoms with E-state index in [0.29, 0.717) is 0 Å². The summed E-state index contributed by atoms with van der Waals surface area (Å²) in [5.74, 6) is -0.294. The molecule has 1 aromatic rings. The van der Waals surface area contributed by atoms with Gasteiger partial charge in [0.05, 0.1) is 13.5 Å². The highest BCUT2D eigenvalue weighted by Gasteiger charge is 2.11. The number of nitrogens with two attached hydrogens (primary N) is 1. The van der Waals surface area contributed by atoms with Gasteiger partial charge in [0.25, 0.3) is 0 Å². The third-order valence-corrected chi connectivity index (χ3v) is 2.38. The molecule has 4 heteroatoms. The van der Waals surface area contributed by atoms with E-state index < -0.39 is 0 Å². The summed E-state index contributed by atoms with van der Waals surface area (Å²) in [5, 5.41) is 0. The Hall–Kier alpha value is -0.870. The van der Waals surface area contributed by atoms with Crippen LogP contribution < -0.4 is 5.73 Å². The monoisotopic (exact) mass is 257 g/mol. The van der Waals surface area contributed by atoms with Crippen LogP contribution >= 0.6 is 15.9 Å². The van der Waals surface area contributed by atoms with Crippen molar-refractivity contribution < 1.29 is 9.53 Å². The maximum absolute atomic E-state index is 11.0. The Labute approximate surface area is 91.4 Å². The Kier molecular flexibility index (Phi) is 4.10. The van der Waals surface area contributed by atoms with Crippen LogP contribution in [0.1, 0.15) is 18.0 Å². The summed E-state index contributed by atoms with van der Waals surface area (Å²) in [6.45, 7) is 0. The van der Waals surface area contributed by atoms with E-state index in [0.717, 1.165) is 10.0 Å².